The Morgan fingerprint density at radius 1 is 1.38 bits per heavy atom. The Bertz CT molecular complexity index is 743. The van der Waals surface area contributed by atoms with Crippen LogP contribution in [0.5, 0.6) is 0 Å². The highest BCUT2D eigenvalue weighted by Crippen LogP contribution is 2.23. The highest BCUT2D eigenvalue weighted by molar-refractivity contribution is 7.18. The summed E-state index contributed by atoms with van der Waals surface area (Å²) in [6.07, 6.45) is 1.75. The highest BCUT2D eigenvalue weighted by Gasteiger charge is 2.28. The van der Waals surface area contributed by atoms with Gasteiger partial charge in [-0.15, -0.1) is 11.3 Å². The SMILES string of the molecule is CCOC(=O)[C@H]1CCCN(CC(=O)N(C)Cc2nc3ccccc3s2)C1. The number of carbonyl (C=O) groups is 2. The summed E-state index contributed by atoms with van der Waals surface area (Å²) in [5.41, 5.74) is 0.974. The highest BCUT2D eigenvalue weighted by atomic mass is 32.1. The number of carbonyl (C=O) groups excluding carboxylic acids is 2. The van der Waals surface area contributed by atoms with E-state index in [1.807, 2.05) is 31.2 Å². The number of piperidine rings is 1. The summed E-state index contributed by atoms with van der Waals surface area (Å²) in [6.45, 7) is 4.50. The minimum absolute atomic E-state index is 0.0498. The van der Waals surface area contributed by atoms with Crippen LogP contribution in [0, 0.1) is 5.92 Å². The molecule has 3 rings (SSSR count). The van der Waals surface area contributed by atoms with Gasteiger partial charge in [-0.2, -0.15) is 0 Å². The third-order valence-electron chi connectivity index (χ3n) is 4.62. The first-order valence-electron chi connectivity index (χ1n) is 9.04. The third kappa shape index (κ3) is 4.59. The van der Waals surface area contributed by atoms with Gasteiger partial charge in [0.2, 0.25) is 5.91 Å². The van der Waals surface area contributed by atoms with E-state index >= 15 is 0 Å². The summed E-state index contributed by atoms with van der Waals surface area (Å²) >= 11 is 1.62. The zero-order valence-electron chi connectivity index (χ0n) is 15.3. The number of nitrogens with zero attached hydrogens (tertiary/aromatic N) is 3. The monoisotopic (exact) mass is 375 g/mol. The van der Waals surface area contributed by atoms with Gasteiger partial charge in [0.1, 0.15) is 5.01 Å². The number of rotatable bonds is 6. The van der Waals surface area contributed by atoms with Crippen molar-refractivity contribution >= 4 is 33.4 Å². The van der Waals surface area contributed by atoms with Crippen LogP contribution in [0.3, 0.4) is 0 Å². The maximum Gasteiger partial charge on any atom is 0.310 e. The quantitative estimate of drug-likeness (QED) is 0.726. The molecular formula is C19H25N3O3S. The second kappa shape index (κ2) is 8.60. The number of benzene rings is 1. The molecule has 0 spiro atoms. The van der Waals surface area contributed by atoms with E-state index in [1.54, 1.807) is 23.3 Å². The standard InChI is InChI=1S/C19H25N3O3S/c1-3-25-19(24)14-7-6-10-22(11-14)13-18(23)21(2)12-17-20-15-8-4-5-9-16(15)26-17/h4-5,8-9,14H,3,6-7,10-13H2,1-2H3/t14-/m0/s1. The van der Waals surface area contributed by atoms with E-state index in [1.165, 1.54) is 0 Å². The fourth-order valence-corrected chi connectivity index (χ4v) is 4.26. The number of hydrogen-bond acceptors (Lipinski definition) is 6. The number of aromatic nitrogens is 1. The first-order valence-corrected chi connectivity index (χ1v) is 9.86. The molecule has 1 aromatic carbocycles. The number of hydrogen-bond donors (Lipinski definition) is 0. The van der Waals surface area contributed by atoms with Gasteiger partial charge in [-0.1, -0.05) is 12.1 Å². The number of likely N-dealkylation sites (N-methyl/N-ethyl adjacent to an activating group) is 1. The Morgan fingerprint density at radius 2 is 2.19 bits per heavy atom. The lowest BCUT2D eigenvalue weighted by Gasteiger charge is -2.31. The molecule has 1 aliphatic heterocycles. The second-order valence-corrected chi connectivity index (χ2v) is 7.77. The van der Waals surface area contributed by atoms with Crippen molar-refractivity contribution in [1.82, 2.24) is 14.8 Å². The van der Waals surface area contributed by atoms with Crippen LogP contribution < -0.4 is 0 Å². The molecule has 26 heavy (non-hydrogen) atoms. The van der Waals surface area contributed by atoms with Gasteiger partial charge in [-0.05, 0) is 38.4 Å². The molecule has 1 aliphatic rings. The number of ether oxygens (including phenoxy) is 1. The van der Waals surface area contributed by atoms with Gasteiger partial charge in [-0.25, -0.2) is 4.98 Å². The van der Waals surface area contributed by atoms with Gasteiger partial charge in [-0.3, -0.25) is 14.5 Å². The van der Waals surface area contributed by atoms with Crippen LogP contribution in [0.1, 0.15) is 24.8 Å². The number of likely N-dealkylation sites (tertiary alicyclic amines) is 1. The average Bonchev–Trinajstić information content (AvgIpc) is 3.04. The van der Waals surface area contributed by atoms with E-state index in [0.717, 1.165) is 34.6 Å². The number of para-hydroxylation sites is 1. The molecule has 0 saturated carbocycles. The number of fused-ring (bicyclic) bond motifs is 1. The largest absolute Gasteiger partial charge is 0.466 e. The molecule has 0 aliphatic carbocycles. The van der Waals surface area contributed by atoms with Crippen molar-refractivity contribution in [1.29, 1.82) is 0 Å². The Labute approximate surface area is 157 Å². The average molecular weight is 375 g/mol. The van der Waals surface area contributed by atoms with Gasteiger partial charge in [0.05, 0.1) is 35.8 Å². The molecule has 2 heterocycles. The number of thiazole rings is 1. The van der Waals surface area contributed by atoms with Crippen LogP contribution >= 0.6 is 11.3 Å². The molecule has 0 unspecified atom stereocenters. The molecule has 1 amide bonds. The van der Waals surface area contributed by atoms with Crippen molar-refractivity contribution in [3.8, 4) is 0 Å². The molecule has 1 saturated heterocycles. The molecule has 1 aromatic heterocycles. The minimum atomic E-state index is -0.146. The van der Waals surface area contributed by atoms with Crippen molar-refractivity contribution in [2.45, 2.75) is 26.3 Å². The first kappa shape index (κ1) is 18.8. The molecule has 7 heteroatoms. The van der Waals surface area contributed by atoms with Crippen LogP contribution in [0.15, 0.2) is 24.3 Å². The van der Waals surface area contributed by atoms with Gasteiger partial charge in [0, 0.05) is 13.6 Å². The lowest BCUT2D eigenvalue weighted by molar-refractivity contribution is -0.150. The van der Waals surface area contributed by atoms with E-state index in [4.69, 9.17) is 4.74 Å². The molecule has 140 valence electrons. The summed E-state index contributed by atoms with van der Waals surface area (Å²) in [7, 11) is 1.81. The summed E-state index contributed by atoms with van der Waals surface area (Å²) in [6, 6.07) is 7.99. The first-order chi connectivity index (χ1) is 12.6. The summed E-state index contributed by atoms with van der Waals surface area (Å²) in [4.78, 5) is 32.9. The predicted octanol–water partition coefficient (Wildman–Crippen LogP) is 2.53. The van der Waals surface area contributed by atoms with Crippen LogP contribution in [0.2, 0.25) is 0 Å². The van der Waals surface area contributed by atoms with Gasteiger partial charge in [0.15, 0.2) is 0 Å². The van der Waals surface area contributed by atoms with Crippen LogP contribution in [0.25, 0.3) is 10.2 Å². The molecule has 1 fully saturated rings. The van der Waals surface area contributed by atoms with Crippen molar-refractivity contribution in [2.75, 3.05) is 33.3 Å². The molecule has 2 aromatic rings. The van der Waals surface area contributed by atoms with Gasteiger partial charge < -0.3 is 9.64 Å². The van der Waals surface area contributed by atoms with Crippen molar-refractivity contribution in [3.05, 3.63) is 29.3 Å². The Hall–Kier alpha value is -1.99. The molecule has 6 nitrogen and oxygen atoms in total. The van der Waals surface area contributed by atoms with E-state index in [9.17, 15) is 9.59 Å². The lowest BCUT2D eigenvalue weighted by atomic mass is 9.98. The molecule has 0 N–H and O–H groups in total. The maximum absolute atomic E-state index is 12.6. The summed E-state index contributed by atoms with van der Waals surface area (Å²) in [5.74, 6) is -0.215. The van der Waals surface area contributed by atoms with E-state index in [-0.39, 0.29) is 17.8 Å². The van der Waals surface area contributed by atoms with Crippen molar-refractivity contribution in [3.63, 3.8) is 0 Å². The van der Waals surface area contributed by atoms with Gasteiger partial charge in [0.25, 0.3) is 0 Å². The minimum Gasteiger partial charge on any atom is -0.466 e. The van der Waals surface area contributed by atoms with Gasteiger partial charge >= 0.3 is 5.97 Å². The molecular weight excluding hydrogens is 350 g/mol. The van der Waals surface area contributed by atoms with E-state index in [0.29, 0.717) is 26.2 Å². The third-order valence-corrected chi connectivity index (χ3v) is 5.64. The fourth-order valence-electron chi connectivity index (χ4n) is 3.24. The maximum atomic E-state index is 12.6. The Balaban J connectivity index is 1.54. The van der Waals surface area contributed by atoms with Crippen LogP contribution in [-0.4, -0.2) is 59.9 Å². The lowest BCUT2D eigenvalue weighted by Crippen LogP contribution is -2.44. The molecule has 1 atom stereocenters. The predicted molar refractivity (Wildman–Crippen MR) is 102 cm³/mol. The topological polar surface area (TPSA) is 62.7 Å². The van der Waals surface area contributed by atoms with Crippen LogP contribution in [0.4, 0.5) is 0 Å². The molecule has 0 radical (unpaired) electrons. The summed E-state index contributed by atoms with van der Waals surface area (Å²) < 4.78 is 6.26. The number of esters is 1. The molecule has 0 bridgehead atoms. The zero-order valence-corrected chi connectivity index (χ0v) is 16.1. The van der Waals surface area contributed by atoms with Crippen molar-refractivity contribution < 1.29 is 14.3 Å². The Morgan fingerprint density at radius 3 is 2.96 bits per heavy atom. The van der Waals surface area contributed by atoms with E-state index < -0.39 is 0 Å². The number of amides is 1. The van der Waals surface area contributed by atoms with Crippen molar-refractivity contribution in [2.24, 2.45) is 5.92 Å². The normalized spacial score (nSPS) is 18.0. The Kier molecular flexibility index (Phi) is 6.21. The second-order valence-electron chi connectivity index (χ2n) is 6.65. The van der Waals surface area contributed by atoms with Crippen LogP contribution in [-0.2, 0) is 20.9 Å². The summed E-state index contributed by atoms with van der Waals surface area (Å²) in [5, 5.41) is 0.935. The smallest absolute Gasteiger partial charge is 0.310 e. The zero-order chi connectivity index (χ0) is 18.5. The fraction of sp³-hybridized carbons (Fsp3) is 0.526. The van der Waals surface area contributed by atoms with E-state index in [2.05, 4.69) is 9.88 Å².